The molecular formula is C40H21N5. The second kappa shape index (κ2) is 11.1. The number of fused-ring (bicyclic) bond motifs is 3. The largest absolute Gasteiger partial charge is 0.309 e. The minimum Gasteiger partial charge on any atom is -0.309 e. The Labute approximate surface area is 260 Å². The molecule has 1 aromatic heterocycles. The number of aromatic nitrogens is 1. The maximum absolute atomic E-state index is 10.1. The van der Waals surface area contributed by atoms with Crippen LogP contribution in [0.3, 0.4) is 0 Å². The van der Waals surface area contributed by atoms with Gasteiger partial charge in [-0.3, -0.25) is 0 Å². The molecule has 0 saturated heterocycles. The average Bonchev–Trinajstić information content (AvgIpc) is 3.46. The van der Waals surface area contributed by atoms with E-state index in [1.165, 1.54) is 0 Å². The number of hydrogen-bond acceptors (Lipinski definition) is 3. The molecule has 5 heteroatoms. The van der Waals surface area contributed by atoms with Crippen LogP contribution in [-0.4, -0.2) is 4.57 Å². The monoisotopic (exact) mass is 571 g/mol. The van der Waals surface area contributed by atoms with Crippen LogP contribution in [0.25, 0.3) is 65.7 Å². The quantitative estimate of drug-likeness (QED) is 0.197. The normalized spacial score (nSPS) is 10.6. The smallest absolute Gasteiger partial charge is 0.196 e. The summed E-state index contributed by atoms with van der Waals surface area (Å²) in [5.41, 5.74) is 9.07. The van der Waals surface area contributed by atoms with E-state index >= 15 is 0 Å². The predicted octanol–water partition coefficient (Wildman–Crippen LogP) is 9.95. The lowest BCUT2D eigenvalue weighted by molar-refractivity contribution is 1.18. The third kappa shape index (κ3) is 4.29. The molecule has 45 heavy (non-hydrogen) atoms. The fourth-order valence-electron chi connectivity index (χ4n) is 6.27. The molecule has 0 unspecified atom stereocenters. The first kappa shape index (κ1) is 26.9. The van der Waals surface area contributed by atoms with E-state index in [4.69, 9.17) is 6.57 Å². The van der Waals surface area contributed by atoms with Gasteiger partial charge in [-0.1, -0.05) is 91.0 Å². The molecule has 0 aliphatic carbocycles. The van der Waals surface area contributed by atoms with Gasteiger partial charge < -0.3 is 4.57 Å². The molecule has 0 bridgehead atoms. The van der Waals surface area contributed by atoms with Crippen LogP contribution in [0.5, 0.6) is 0 Å². The van der Waals surface area contributed by atoms with Crippen LogP contribution in [0, 0.1) is 40.6 Å². The molecule has 7 rings (SSSR count). The number of nitriles is 3. The van der Waals surface area contributed by atoms with E-state index in [9.17, 15) is 15.8 Å². The molecule has 0 aliphatic heterocycles. The van der Waals surface area contributed by atoms with Gasteiger partial charge in [0, 0.05) is 38.7 Å². The SMILES string of the molecule is [C-]#[N+]c1cccc(C#N)c1-c1cccc2c1c1cccc(-c3c(C#N)cccc3C#N)c1n2-c1ccc(-c2ccccc2)cc1. The molecule has 0 saturated carbocycles. The highest BCUT2D eigenvalue weighted by molar-refractivity contribution is 6.20. The van der Waals surface area contributed by atoms with Crippen LogP contribution in [0.1, 0.15) is 16.7 Å². The van der Waals surface area contributed by atoms with Crippen molar-refractivity contribution in [3.05, 3.63) is 156 Å². The van der Waals surface area contributed by atoms with E-state index in [0.717, 1.165) is 49.7 Å². The Hall–Kier alpha value is -6.92. The van der Waals surface area contributed by atoms with Crippen molar-refractivity contribution in [3.8, 4) is 57.3 Å². The number of nitrogens with zero attached hydrogens (tertiary/aromatic N) is 5. The van der Waals surface area contributed by atoms with E-state index in [-0.39, 0.29) is 0 Å². The van der Waals surface area contributed by atoms with Gasteiger partial charge in [0.15, 0.2) is 5.69 Å². The van der Waals surface area contributed by atoms with Gasteiger partial charge in [-0.15, -0.1) is 0 Å². The van der Waals surface area contributed by atoms with Crippen molar-refractivity contribution in [1.29, 1.82) is 15.8 Å². The summed E-state index contributed by atoms with van der Waals surface area (Å²) in [4.78, 5) is 3.78. The Bertz CT molecular complexity index is 2390. The van der Waals surface area contributed by atoms with Crippen LogP contribution < -0.4 is 0 Å². The van der Waals surface area contributed by atoms with Crippen LogP contribution in [0.15, 0.2) is 127 Å². The summed E-state index contributed by atoms with van der Waals surface area (Å²) in [6, 6.07) is 47.5. The molecule has 0 atom stereocenters. The molecule has 6 aromatic carbocycles. The Morgan fingerprint density at radius 1 is 0.533 bits per heavy atom. The number of hydrogen-bond donors (Lipinski definition) is 0. The summed E-state index contributed by atoms with van der Waals surface area (Å²) < 4.78 is 2.15. The lowest BCUT2D eigenvalue weighted by Crippen LogP contribution is -1.97. The van der Waals surface area contributed by atoms with Gasteiger partial charge in [0.1, 0.15) is 0 Å². The molecule has 0 aliphatic rings. The topological polar surface area (TPSA) is 80.7 Å². The minimum absolute atomic E-state index is 0.396. The lowest BCUT2D eigenvalue weighted by atomic mass is 9.91. The summed E-state index contributed by atoms with van der Waals surface area (Å²) in [7, 11) is 0. The third-order valence-electron chi connectivity index (χ3n) is 8.17. The van der Waals surface area contributed by atoms with Crippen molar-refractivity contribution >= 4 is 27.5 Å². The Morgan fingerprint density at radius 3 is 1.78 bits per heavy atom. The number of rotatable bonds is 4. The summed E-state index contributed by atoms with van der Waals surface area (Å²) in [5.74, 6) is 0. The standard InChI is InChI=1S/C40H21N5/c1-44-35-17-6-13-30(25-43)38(35)32-14-8-18-36-39(32)34-16-7-15-33(37-28(23-41)11-5-12-29(37)24-42)40(34)45(36)31-21-19-27(20-22-31)26-9-3-2-4-10-26/h2-22H. The van der Waals surface area contributed by atoms with E-state index in [2.05, 4.69) is 64.0 Å². The highest BCUT2D eigenvalue weighted by atomic mass is 15.0. The first-order chi connectivity index (χ1) is 22.2. The molecule has 0 amide bonds. The van der Waals surface area contributed by atoms with Crippen molar-refractivity contribution in [2.24, 2.45) is 0 Å². The second-order valence-corrected chi connectivity index (χ2v) is 10.5. The molecule has 5 nitrogen and oxygen atoms in total. The predicted molar refractivity (Wildman–Crippen MR) is 177 cm³/mol. The van der Waals surface area contributed by atoms with Gasteiger partial charge in [0.2, 0.25) is 0 Å². The highest BCUT2D eigenvalue weighted by Gasteiger charge is 2.23. The van der Waals surface area contributed by atoms with Gasteiger partial charge >= 0.3 is 0 Å². The average molecular weight is 572 g/mol. The van der Waals surface area contributed by atoms with Crippen molar-refractivity contribution in [1.82, 2.24) is 4.57 Å². The molecule has 7 aromatic rings. The second-order valence-electron chi connectivity index (χ2n) is 10.5. The summed E-state index contributed by atoms with van der Waals surface area (Å²) in [6.45, 7) is 7.89. The molecule has 206 valence electrons. The van der Waals surface area contributed by atoms with Crippen LogP contribution in [0.2, 0.25) is 0 Å². The third-order valence-corrected chi connectivity index (χ3v) is 8.17. The first-order valence-corrected chi connectivity index (χ1v) is 14.2. The molecular weight excluding hydrogens is 550 g/mol. The number of para-hydroxylation sites is 1. The van der Waals surface area contributed by atoms with E-state index < -0.39 is 0 Å². The summed E-state index contributed by atoms with van der Waals surface area (Å²) in [6.07, 6.45) is 0. The van der Waals surface area contributed by atoms with Gasteiger partial charge in [0.05, 0.1) is 46.9 Å². The maximum Gasteiger partial charge on any atom is 0.196 e. The Kier molecular flexibility index (Phi) is 6.62. The van der Waals surface area contributed by atoms with E-state index in [0.29, 0.717) is 33.5 Å². The van der Waals surface area contributed by atoms with E-state index in [1.807, 2.05) is 54.6 Å². The maximum atomic E-state index is 10.1. The zero-order chi connectivity index (χ0) is 30.9. The summed E-state index contributed by atoms with van der Waals surface area (Å²) >= 11 is 0. The van der Waals surface area contributed by atoms with Gasteiger partial charge in [-0.25, -0.2) is 4.85 Å². The molecule has 0 spiro atoms. The lowest BCUT2D eigenvalue weighted by Gasteiger charge is -2.14. The Balaban J connectivity index is 1.64. The summed E-state index contributed by atoms with van der Waals surface area (Å²) in [5, 5.41) is 32.1. The fourth-order valence-corrected chi connectivity index (χ4v) is 6.27. The van der Waals surface area contributed by atoms with Crippen molar-refractivity contribution < 1.29 is 0 Å². The minimum atomic E-state index is 0.396. The molecule has 0 radical (unpaired) electrons. The fraction of sp³-hybridized carbons (Fsp3) is 0. The highest BCUT2D eigenvalue weighted by Crippen LogP contribution is 2.45. The molecule has 0 fully saturated rings. The number of benzene rings is 6. The van der Waals surface area contributed by atoms with Crippen molar-refractivity contribution in [2.75, 3.05) is 0 Å². The van der Waals surface area contributed by atoms with Gasteiger partial charge in [0.25, 0.3) is 0 Å². The van der Waals surface area contributed by atoms with Crippen molar-refractivity contribution in [2.45, 2.75) is 0 Å². The van der Waals surface area contributed by atoms with E-state index in [1.54, 1.807) is 36.4 Å². The van der Waals surface area contributed by atoms with Gasteiger partial charge in [-0.05, 0) is 53.1 Å². The molecule has 0 N–H and O–H groups in total. The van der Waals surface area contributed by atoms with Gasteiger partial charge in [-0.2, -0.15) is 15.8 Å². The van der Waals surface area contributed by atoms with Crippen molar-refractivity contribution in [3.63, 3.8) is 0 Å². The first-order valence-electron chi connectivity index (χ1n) is 14.2. The van der Waals surface area contributed by atoms with Crippen LogP contribution in [0.4, 0.5) is 5.69 Å². The Morgan fingerprint density at radius 2 is 1.11 bits per heavy atom. The van der Waals surface area contributed by atoms with Crippen LogP contribution >= 0.6 is 0 Å². The molecule has 1 heterocycles. The zero-order valence-electron chi connectivity index (χ0n) is 23.9. The van der Waals surface area contributed by atoms with Crippen LogP contribution in [-0.2, 0) is 0 Å². The zero-order valence-corrected chi connectivity index (χ0v) is 23.9.